The summed E-state index contributed by atoms with van der Waals surface area (Å²) in [5.74, 6) is -0.225. The molecule has 90 valence electrons. The van der Waals surface area contributed by atoms with Crippen LogP contribution in [-0.2, 0) is 9.59 Å². The molecule has 1 saturated heterocycles. The third-order valence-corrected chi connectivity index (χ3v) is 4.17. The Labute approximate surface area is 104 Å². The molecule has 4 nitrogen and oxygen atoms in total. The zero-order chi connectivity index (χ0) is 12.6. The normalized spacial score (nSPS) is 20.1. The van der Waals surface area contributed by atoms with Gasteiger partial charge in [0.1, 0.15) is 0 Å². The molecule has 5 heteroatoms. The quantitative estimate of drug-likeness (QED) is 0.637. The molecule has 2 amide bonds. The molecule has 1 unspecified atom stereocenters. The highest BCUT2D eigenvalue weighted by Crippen LogP contribution is 2.33. The van der Waals surface area contributed by atoms with Crippen LogP contribution in [0.5, 0.6) is 0 Å². The maximum absolute atomic E-state index is 11.8. The van der Waals surface area contributed by atoms with Gasteiger partial charge >= 0.3 is 0 Å². The van der Waals surface area contributed by atoms with E-state index in [9.17, 15) is 9.59 Å². The number of likely N-dealkylation sites (tertiary alicyclic amines) is 1. The Morgan fingerprint density at radius 2 is 2.12 bits per heavy atom. The number of hydrogen-bond donors (Lipinski definition) is 1. The van der Waals surface area contributed by atoms with Crippen molar-refractivity contribution < 1.29 is 9.59 Å². The number of aryl methyl sites for hydroxylation is 1. The maximum atomic E-state index is 11.8. The van der Waals surface area contributed by atoms with E-state index in [1.807, 2.05) is 19.1 Å². The highest BCUT2D eigenvalue weighted by atomic mass is 32.2. The van der Waals surface area contributed by atoms with E-state index in [0.29, 0.717) is 5.69 Å². The van der Waals surface area contributed by atoms with Gasteiger partial charge in [-0.25, -0.2) is 0 Å². The second-order valence-electron chi connectivity index (χ2n) is 4.13. The van der Waals surface area contributed by atoms with E-state index >= 15 is 0 Å². The highest BCUT2D eigenvalue weighted by Gasteiger charge is 2.36. The zero-order valence-corrected chi connectivity index (χ0v) is 10.6. The fourth-order valence-electron chi connectivity index (χ4n) is 1.77. The number of nitrogens with two attached hydrogens (primary N) is 1. The Bertz CT molecular complexity index is 487. The summed E-state index contributed by atoms with van der Waals surface area (Å²) in [7, 11) is 1.53. The maximum Gasteiger partial charge on any atom is 0.242 e. The number of anilines is 1. The summed E-state index contributed by atoms with van der Waals surface area (Å²) in [4.78, 5) is 25.4. The first-order valence-corrected chi connectivity index (χ1v) is 6.20. The molecule has 17 heavy (non-hydrogen) atoms. The molecule has 0 bridgehead atoms. The van der Waals surface area contributed by atoms with Crippen LogP contribution in [0.15, 0.2) is 23.1 Å². The van der Waals surface area contributed by atoms with Gasteiger partial charge in [-0.15, -0.1) is 11.8 Å². The van der Waals surface area contributed by atoms with Crippen LogP contribution in [-0.4, -0.2) is 29.0 Å². The number of imide groups is 1. The van der Waals surface area contributed by atoms with Gasteiger partial charge < -0.3 is 5.73 Å². The van der Waals surface area contributed by atoms with E-state index < -0.39 is 0 Å². The Balaban J connectivity index is 2.17. The summed E-state index contributed by atoms with van der Waals surface area (Å²) in [5.41, 5.74) is 7.41. The van der Waals surface area contributed by atoms with Crippen molar-refractivity contribution in [3.63, 3.8) is 0 Å². The van der Waals surface area contributed by atoms with Crippen LogP contribution < -0.4 is 5.73 Å². The summed E-state index contributed by atoms with van der Waals surface area (Å²) in [6, 6.07) is 5.57. The van der Waals surface area contributed by atoms with E-state index in [1.54, 1.807) is 6.07 Å². The number of rotatable bonds is 2. The van der Waals surface area contributed by atoms with Crippen molar-refractivity contribution in [1.82, 2.24) is 4.90 Å². The van der Waals surface area contributed by atoms with Crippen molar-refractivity contribution in [2.75, 3.05) is 12.8 Å². The largest absolute Gasteiger partial charge is 0.399 e. The van der Waals surface area contributed by atoms with Gasteiger partial charge in [-0.3, -0.25) is 14.5 Å². The van der Waals surface area contributed by atoms with Gasteiger partial charge in [0.25, 0.3) is 0 Å². The molecule has 1 aromatic carbocycles. The molecular formula is C12H14N2O2S. The van der Waals surface area contributed by atoms with Crippen molar-refractivity contribution in [3.05, 3.63) is 23.8 Å². The SMILES string of the molecule is Cc1cc(N)ccc1SC1CC(=O)N(C)C1=O. The summed E-state index contributed by atoms with van der Waals surface area (Å²) >= 11 is 1.43. The number of carbonyl (C=O) groups excluding carboxylic acids is 2. The minimum atomic E-state index is -0.296. The lowest BCUT2D eigenvalue weighted by Crippen LogP contribution is -2.26. The predicted octanol–water partition coefficient (Wildman–Crippen LogP) is 1.43. The summed E-state index contributed by atoms with van der Waals surface area (Å²) in [6.45, 7) is 1.95. The van der Waals surface area contributed by atoms with Crippen LogP contribution >= 0.6 is 11.8 Å². The Kier molecular flexibility index (Phi) is 3.11. The molecule has 0 spiro atoms. The molecule has 0 radical (unpaired) electrons. The first-order valence-electron chi connectivity index (χ1n) is 5.32. The van der Waals surface area contributed by atoms with Crippen LogP contribution in [0.3, 0.4) is 0 Å². The number of nitrogens with zero attached hydrogens (tertiary/aromatic N) is 1. The van der Waals surface area contributed by atoms with Crippen molar-refractivity contribution in [1.29, 1.82) is 0 Å². The molecule has 1 aliphatic rings. The molecule has 1 aliphatic heterocycles. The number of thioether (sulfide) groups is 1. The zero-order valence-electron chi connectivity index (χ0n) is 9.77. The first-order chi connectivity index (χ1) is 7.99. The van der Waals surface area contributed by atoms with Crippen LogP contribution in [0.4, 0.5) is 5.69 Å². The summed E-state index contributed by atoms with van der Waals surface area (Å²) in [5, 5.41) is -0.296. The number of nitrogen functional groups attached to an aromatic ring is 1. The Hall–Kier alpha value is -1.49. The lowest BCUT2D eigenvalue weighted by Gasteiger charge is -2.10. The van der Waals surface area contributed by atoms with Gasteiger partial charge in [0.15, 0.2) is 0 Å². The average Bonchev–Trinajstić information content (AvgIpc) is 2.50. The molecule has 2 rings (SSSR count). The monoisotopic (exact) mass is 250 g/mol. The average molecular weight is 250 g/mol. The molecule has 0 aliphatic carbocycles. The van der Waals surface area contributed by atoms with Gasteiger partial charge in [0.05, 0.1) is 5.25 Å². The van der Waals surface area contributed by atoms with Crippen molar-refractivity contribution in [2.45, 2.75) is 23.5 Å². The highest BCUT2D eigenvalue weighted by molar-refractivity contribution is 8.00. The Morgan fingerprint density at radius 3 is 2.65 bits per heavy atom. The van der Waals surface area contributed by atoms with Crippen molar-refractivity contribution >= 4 is 29.3 Å². The molecule has 0 aromatic heterocycles. The fourth-order valence-corrected chi connectivity index (χ4v) is 2.95. The summed E-state index contributed by atoms with van der Waals surface area (Å²) in [6.07, 6.45) is 0.282. The number of hydrogen-bond acceptors (Lipinski definition) is 4. The van der Waals surface area contributed by atoms with Crippen molar-refractivity contribution in [3.8, 4) is 0 Å². The molecule has 1 aromatic rings. The summed E-state index contributed by atoms with van der Waals surface area (Å²) < 4.78 is 0. The Morgan fingerprint density at radius 1 is 1.41 bits per heavy atom. The number of benzene rings is 1. The van der Waals surface area contributed by atoms with Gasteiger partial charge in [0, 0.05) is 24.1 Å². The van der Waals surface area contributed by atoms with Crippen LogP contribution in [0.2, 0.25) is 0 Å². The van der Waals surface area contributed by atoms with Gasteiger partial charge in [0.2, 0.25) is 11.8 Å². The van der Waals surface area contributed by atoms with E-state index in [4.69, 9.17) is 5.73 Å². The molecular weight excluding hydrogens is 236 g/mol. The second-order valence-corrected chi connectivity index (χ2v) is 5.37. The molecule has 1 heterocycles. The van der Waals surface area contributed by atoms with Crippen molar-refractivity contribution in [2.24, 2.45) is 0 Å². The first kappa shape index (κ1) is 12.0. The van der Waals surface area contributed by atoms with Crippen LogP contribution in [0.1, 0.15) is 12.0 Å². The number of amides is 2. The third-order valence-electron chi connectivity index (χ3n) is 2.81. The topological polar surface area (TPSA) is 63.4 Å². The van der Waals surface area contributed by atoms with E-state index in [2.05, 4.69) is 0 Å². The lowest BCUT2D eigenvalue weighted by molar-refractivity contribution is -0.136. The molecule has 0 saturated carbocycles. The third kappa shape index (κ3) is 2.29. The predicted molar refractivity (Wildman–Crippen MR) is 67.6 cm³/mol. The fraction of sp³-hybridized carbons (Fsp3) is 0.333. The second kappa shape index (κ2) is 4.41. The van der Waals surface area contributed by atoms with Gasteiger partial charge in [-0.2, -0.15) is 0 Å². The number of carbonyl (C=O) groups is 2. The van der Waals surface area contributed by atoms with Gasteiger partial charge in [-0.05, 0) is 30.7 Å². The minimum Gasteiger partial charge on any atom is -0.399 e. The molecule has 2 N–H and O–H groups in total. The van der Waals surface area contributed by atoms with E-state index in [0.717, 1.165) is 10.5 Å². The standard InChI is InChI=1S/C12H14N2O2S/c1-7-5-8(13)3-4-9(7)17-10-6-11(15)14(2)12(10)16/h3-5,10H,6,13H2,1-2H3. The van der Waals surface area contributed by atoms with Crippen LogP contribution in [0, 0.1) is 6.92 Å². The molecule has 1 atom stereocenters. The molecule has 1 fully saturated rings. The van der Waals surface area contributed by atoms with E-state index in [-0.39, 0.29) is 23.5 Å². The van der Waals surface area contributed by atoms with Crippen LogP contribution in [0.25, 0.3) is 0 Å². The lowest BCUT2D eigenvalue weighted by atomic mass is 10.2. The smallest absolute Gasteiger partial charge is 0.242 e. The minimum absolute atomic E-state index is 0.111. The van der Waals surface area contributed by atoms with Gasteiger partial charge in [-0.1, -0.05) is 0 Å². The van der Waals surface area contributed by atoms with E-state index in [1.165, 1.54) is 23.7 Å².